The van der Waals surface area contributed by atoms with E-state index in [-0.39, 0.29) is 29.4 Å². The second-order valence-electron chi connectivity index (χ2n) is 29.4. The molecule has 0 atom stereocenters. The Morgan fingerprint density at radius 2 is 0.810 bits per heavy atom. The molecule has 12 aromatic carbocycles. The van der Waals surface area contributed by atoms with Gasteiger partial charge in [-0.1, -0.05) is 206 Å². The van der Waals surface area contributed by atoms with Crippen LogP contribution in [-0.2, 0) is 51.9 Å². The molecule has 5 aliphatic rings. The molecular weight excluding hydrogens is 1530 g/mol. The number of anilines is 3. The molecule has 0 saturated carbocycles. The van der Waals surface area contributed by atoms with Gasteiger partial charge in [-0.3, -0.25) is 14.5 Å². The Balaban J connectivity index is 0.000000125. The van der Waals surface area contributed by atoms with Crippen LogP contribution in [0.1, 0.15) is 82.0 Å². The quantitative estimate of drug-likeness (QED) is 0.0354. The Morgan fingerprint density at radius 1 is 0.397 bits per heavy atom. The minimum Gasteiger partial charge on any atom is -0.493 e. The van der Waals surface area contributed by atoms with Crippen molar-refractivity contribution in [3.05, 3.63) is 352 Å². The fraction of sp³-hybridized carbons (Fsp3) is 0.143. The number of nitrogens with zero attached hydrogens (tertiary/aromatic N) is 5. The number of halogens is 1. The van der Waals surface area contributed by atoms with Crippen LogP contribution in [0, 0.1) is 5.82 Å². The van der Waals surface area contributed by atoms with Gasteiger partial charge in [0.15, 0.2) is 0 Å². The van der Waals surface area contributed by atoms with E-state index < -0.39 is 54.5 Å². The maximum atomic E-state index is 13.7. The molecule has 23 nitrogen and oxygen atoms in total. The molecule has 0 radical (unpaired) electrons. The van der Waals surface area contributed by atoms with E-state index in [0.29, 0.717) is 72.9 Å². The zero-order valence-corrected chi connectivity index (χ0v) is 65.8. The monoisotopic (exact) mass is 1620 g/mol. The molecule has 5 aliphatic heterocycles. The summed E-state index contributed by atoms with van der Waals surface area (Å²) in [5.41, 5.74) is 18.1. The molecule has 0 bridgehead atoms. The van der Waals surface area contributed by atoms with Gasteiger partial charge in [-0.05, 0) is 171 Å². The predicted molar refractivity (Wildman–Crippen MR) is 470 cm³/mol. The number of aromatic nitrogens is 1. The van der Waals surface area contributed by atoms with E-state index in [2.05, 4.69) is 80.3 Å². The van der Waals surface area contributed by atoms with Gasteiger partial charge in [0.05, 0.1) is 41.1 Å². The molecule has 0 aliphatic carbocycles. The molecule has 1 aromatic heterocycles. The highest BCUT2D eigenvalue weighted by Crippen LogP contribution is 2.35. The summed E-state index contributed by atoms with van der Waals surface area (Å²) in [5.74, 6) is 0.131. The highest BCUT2D eigenvalue weighted by atomic mass is 19.1. The van der Waals surface area contributed by atoms with E-state index in [9.17, 15) is 23.9 Å². The van der Waals surface area contributed by atoms with Crippen molar-refractivity contribution < 1.29 is 93.6 Å². The Hall–Kier alpha value is -12.5. The van der Waals surface area contributed by atoms with Crippen LogP contribution in [0.5, 0.6) is 17.2 Å². The molecule has 608 valence electrons. The standard InChI is InChI=1S/C16H12BNO4.C16H18BNO2.C15H15BFNO2.C15H12BNO4.C15H16BNO2.C14H13BO4/c19-16(20)13-9-15(18-14-4-2-1-3-12(13)14)10-5-7-11(8-6-10)17(21)22;19-17(20)15-9-7-13(8-10-15)12-18-11-3-5-14-4-1-2-6-16(14)18;17-14-9-11(5-6-13(14)16(19)20)10-18-8-7-12-3-1-2-4-15(12)18;18-14-12-3-1-2-4-13(12)15(19)17(14)9-10-5-7-11(8-6-10)16(20)21;18-16(19)14-7-5-12(6-8-14)11-17-10-9-13-3-1-2-4-15(13)17;16-15(17)11-1-3-12(4-2-11)19-13-5-6-14-10(9-13)7-8-18-14/h1-9,21-22H,(H,19,20);1-2,4,6-10,19-20H,3,5,11-12H2;1-6,9,19-20H,7-8,10H2;1-8,20-21H,9H2;1-8,18-19H,9-11H2;1-6,9,16-17H,7-8H2. The summed E-state index contributed by atoms with van der Waals surface area (Å²) in [6, 6.07) is 85.4. The number of rotatable bonds is 18. The summed E-state index contributed by atoms with van der Waals surface area (Å²) in [5, 5.41) is 119. The molecule has 6 heterocycles. The molecule has 0 saturated heterocycles. The lowest BCUT2D eigenvalue weighted by molar-refractivity contribution is 0.0639. The molecule has 0 unspecified atom stereocenters. The van der Waals surface area contributed by atoms with Crippen molar-refractivity contribution in [3.63, 3.8) is 0 Å². The minimum atomic E-state index is -1.77. The van der Waals surface area contributed by atoms with Crippen LogP contribution in [0.3, 0.4) is 0 Å². The smallest absolute Gasteiger partial charge is 0.491 e. The molecule has 13 aromatic rings. The average Bonchev–Trinajstić information content (AvgIpc) is 1.30. The molecular formula is C91H86B6FN5O18. The average molecular weight is 1620 g/mol. The number of hydrogen-bond donors (Lipinski definition) is 13. The number of para-hydroxylation sites is 4. The highest BCUT2D eigenvalue weighted by molar-refractivity contribution is 6.60. The Labute approximate surface area is 700 Å². The summed E-state index contributed by atoms with van der Waals surface area (Å²) in [7, 11) is -9.06. The van der Waals surface area contributed by atoms with Crippen molar-refractivity contribution in [2.75, 3.05) is 40.9 Å². The fourth-order valence-corrected chi connectivity index (χ4v) is 14.8. The number of carboxylic acids is 1. The van der Waals surface area contributed by atoms with Gasteiger partial charge < -0.3 is 89.6 Å². The third-order valence-electron chi connectivity index (χ3n) is 21.2. The van der Waals surface area contributed by atoms with E-state index in [1.54, 1.807) is 152 Å². The molecule has 30 heteroatoms. The number of amides is 2. The Kier molecular flexibility index (Phi) is 28.9. The van der Waals surface area contributed by atoms with Crippen molar-refractivity contribution >= 4 is 121 Å². The number of ether oxygens (including phenoxy) is 2. The zero-order chi connectivity index (χ0) is 85.2. The van der Waals surface area contributed by atoms with E-state index in [0.717, 1.165) is 93.2 Å². The lowest BCUT2D eigenvalue weighted by Crippen LogP contribution is -2.33. The molecule has 121 heavy (non-hydrogen) atoms. The first-order chi connectivity index (χ1) is 58.5. The van der Waals surface area contributed by atoms with Crippen LogP contribution in [-0.4, -0.2) is 162 Å². The number of aryl methyl sites for hydroxylation is 1. The SMILES string of the molecule is O=C(O)c1cc(-c2ccc(B(O)O)cc2)nc2ccccc12.O=C1c2ccccc2C(=O)N1Cc1ccc(B(O)O)cc1.OB(O)c1ccc(CN2CCCc3ccccc32)cc1.OB(O)c1ccc(CN2CCc3ccccc32)cc1.OB(O)c1ccc(CN2CCc3ccccc32)cc1F.OB(O)c1ccc(Oc2ccc3c(c2)CCO3)cc1. The van der Waals surface area contributed by atoms with Crippen molar-refractivity contribution in [2.45, 2.75) is 58.3 Å². The molecule has 18 rings (SSSR count). The first kappa shape index (κ1) is 86.4. The van der Waals surface area contributed by atoms with Gasteiger partial charge in [0.1, 0.15) is 23.1 Å². The van der Waals surface area contributed by atoms with Gasteiger partial charge in [-0.2, -0.15) is 0 Å². The number of hydrogen-bond acceptors (Lipinski definition) is 21. The van der Waals surface area contributed by atoms with Crippen LogP contribution in [0.4, 0.5) is 21.5 Å². The van der Waals surface area contributed by atoms with Crippen LogP contribution >= 0.6 is 0 Å². The topological polar surface area (TPSA) is 359 Å². The van der Waals surface area contributed by atoms with Crippen molar-refractivity contribution in [3.8, 4) is 28.5 Å². The summed E-state index contributed by atoms with van der Waals surface area (Å²) in [6.07, 6.45) is 5.35. The molecule has 0 fully saturated rings. The van der Waals surface area contributed by atoms with Crippen LogP contribution < -0.4 is 57.0 Å². The molecule has 2 amide bonds. The lowest BCUT2D eigenvalue weighted by Gasteiger charge is -2.31. The second kappa shape index (κ2) is 40.5. The summed E-state index contributed by atoms with van der Waals surface area (Å²) < 4.78 is 24.9. The van der Waals surface area contributed by atoms with Crippen LogP contribution in [0.15, 0.2) is 285 Å². The third-order valence-corrected chi connectivity index (χ3v) is 21.2. The van der Waals surface area contributed by atoms with Gasteiger partial charge in [-0.25, -0.2) is 14.2 Å². The van der Waals surface area contributed by atoms with E-state index in [1.807, 2.05) is 54.6 Å². The summed E-state index contributed by atoms with van der Waals surface area (Å²) >= 11 is 0. The van der Waals surface area contributed by atoms with E-state index in [4.69, 9.17) is 69.8 Å². The van der Waals surface area contributed by atoms with Gasteiger partial charge in [0.2, 0.25) is 0 Å². The maximum absolute atomic E-state index is 13.7. The van der Waals surface area contributed by atoms with Gasteiger partial charge in [0.25, 0.3) is 11.8 Å². The Morgan fingerprint density at radius 3 is 1.29 bits per heavy atom. The van der Waals surface area contributed by atoms with Crippen molar-refractivity contribution in [2.24, 2.45) is 0 Å². The highest BCUT2D eigenvalue weighted by Gasteiger charge is 2.35. The number of carbonyl (C=O) groups is 3. The van der Waals surface area contributed by atoms with Gasteiger partial charge >= 0.3 is 48.7 Å². The zero-order valence-electron chi connectivity index (χ0n) is 65.8. The molecule has 0 spiro atoms. The number of pyridine rings is 1. The molecule has 13 N–H and O–H groups in total. The van der Waals surface area contributed by atoms with Gasteiger partial charge in [-0.15, -0.1) is 0 Å². The number of imide groups is 1. The van der Waals surface area contributed by atoms with E-state index >= 15 is 0 Å². The van der Waals surface area contributed by atoms with E-state index in [1.165, 1.54) is 74.4 Å². The lowest BCUT2D eigenvalue weighted by atomic mass is 9.79. The third kappa shape index (κ3) is 22.1. The van der Waals surface area contributed by atoms with Crippen LogP contribution in [0.2, 0.25) is 0 Å². The minimum absolute atomic E-state index is 0.0874. The first-order valence-corrected chi connectivity index (χ1v) is 39.4. The summed E-state index contributed by atoms with van der Waals surface area (Å²) in [6.45, 7) is 6.26. The van der Waals surface area contributed by atoms with Crippen molar-refractivity contribution in [1.29, 1.82) is 0 Å². The van der Waals surface area contributed by atoms with Gasteiger partial charge in [0, 0.05) is 84.7 Å². The normalized spacial score (nSPS) is 12.9. The number of carboxylic acid groups (broad SMARTS) is 1. The van der Waals surface area contributed by atoms with Crippen molar-refractivity contribution in [1.82, 2.24) is 9.88 Å². The number of fused-ring (bicyclic) bond motifs is 6. The number of aromatic carboxylic acids is 1. The first-order valence-electron chi connectivity index (χ1n) is 39.4. The number of benzene rings is 12. The predicted octanol–water partition coefficient (Wildman–Crippen LogP) is 5.85. The van der Waals surface area contributed by atoms with Crippen LogP contribution in [0.25, 0.3) is 22.2 Å². The summed E-state index contributed by atoms with van der Waals surface area (Å²) in [4.78, 5) is 48.5. The second-order valence-corrected chi connectivity index (χ2v) is 29.4. The largest absolute Gasteiger partial charge is 0.493 e. The Bertz CT molecular complexity index is 5700. The fourth-order valence-electron chi connectivity index (χ4n) is 14.8. The number of carbonyl (C=O) groups excluding carboxylic acids is 2. The maximum Gasteiger partial charge on any atom is 0.491 e.